The molecule has 2 aliphatic rings. The molecule has 0 bridgehead atoms. The minimum Gasteiger partial charge on any atom is -0.272 e. The second-order valence-electron chi connectivity index (χ2n) is 8.52. The maximum atomic E-state index is 13.7. The number of aryl methyl sites for hydroxylation is 1. The molecule has 172 valence electrons. The Hall–Kier alpha value is -3.37. The van der Waals surface area contributed by atoms with Crippen molar-refractivity contribution in [3.8, 4) is 0 Å². The van der Waals surface area contributed by atoms with Crippen LogP contribution in [0.3, 0.4) is 0 Å². The summed E-state index contributed by atoms with van der Waals surface area (Å²) in [5.74, 6) is 0. The third kappa shape index (κ3) is 3.86. The molecule has 1 aliphatic heterocycles. The van der Waals surface area contributed by atoms with Crippen LogP contribution in [0, 0.1) is 13.7 Å². The van der Waals surface area contributed by atoms with E-state index in [0.717, 1.165) is 44.4 Å². The molecule has 1 unspecified atom stereocenters. The van der Waals surface area contributed by atoms with Crippen molar-refractivity contribution in [2.75, 3.05) is 0 Å². The van der Waals surface area contributed by atoms with Crippen LogP contribution in [-0.2, 0) is 6.42 Å². The van der Waals surface area contributed by atoms with Gasteiger partial charge in [-0.1, -0.05) is 59.9 Å². The zero-order valence-corrected chi connectivity index (χ0v) is 21.3. The Labute approximate surface area is 217 Å². The fraction of sp³-hybridized carbons (Fsp3) is 0.111. The van der Waals surface area contributed by atoms with Gasteiger partial charge in [0.25, 0.3) is 11.2 Å². The highest BCUT2D eigenvalue weighted by atomic mass is 127. The van der Waals surface area contributed by atoms with E-state index in [-0.39, 0.29) is 11.2 Å². The van der Waals surface area contributed by atoms with Crippen molar-refractivity contribution in [1.29, 1.82) is 0 Å². The van der Waals surface area contributed by atoms with E-state index in [4.69, 9.17) is 4.99 Å². The molecule has 3 aromatic carbocycles. The highest BCUT2D eigenvalue weighted by Crippen LogP contribution is 2.41. The van der Waals surface area contributed by atoms with Gasteiger partial charge in [0, 0.05) is 21.3 Å². The second-order valence-corrected chi connectivity index (χ2v) is 10.8. The number of hydrogen-bond acceptors (Lipinski definition) is 5. The molecule has 8 heteroatoms. The first kappa shape index (κ1) is 22.1. The Morgan fingerprint density at radius 1 is 1.06 bits per heavy atom. The standard InChI is InChI=1S/C27H18IN3O3S/c28-19-11-8-16(9-12-19)14-23-26(32)30-25(18-5-3-6-20(15-18)31(33)34)22-13-10-17-4-1-2-7-21(17)24(22)29-27(30)35-23/h1-9,11-12,14-15,25H,10,13H2. The SMILES string of the molecule is O=c1c(=Cc2ccc(I)cc2)sc2n1C(c1cccc([N+](=O)[O-])c1)C1=C(N=2)c2ccccc2CC1. The van der Waals surface area contributed by atoms with Crippen molar-refractivity contribution >= 4 is 51.4 Å². The Bertz CT molecular complexity index is 1720. The molecule has 0 spiro atoms. The maximum absolute atomic E-state index is 13.7. The molecule has 35 heavy (non-hydrogen) atoms. The van der Waals surface area contributed by atoms with Crippen LogP contribution in [0.1, 0.15) is 34.7 Å². The minimum absolute atomic E-state index is 0.0128. The van der Waals surface area contributed by atoms with E-state index in [1.54, 1.807) is 16.7 Å². The Morgan fingerprint density at radius 3 is 2.66 bits per heavy atom. The molecule has 1 aromatic heterocycles. The third-order valence-electron chi connectivity index (χ3n) is 6.44. The first-order valence-electron chi connectivity index (χ1n) is 11.1. The fourth-order valence-corrected chi connectivity index (χ4v) is 6.20. The smallest absolute Gasteiger partial charge is 0.271 e. The van der Waals surface area contributed by atoms with Gasteiger partial charge in [0.1, 0.15) is 0 Å². The summed E-state index contributed by atoms with van der Waals surface area (Å²) in [6, 6.07) is 22.4. The predicted octanol–water partition coefficient (Wildman–Crippen LogP) is 4.83. The molecule has 0 N–H and O–H groups in total. The lowest BCUT2D eigenvalue weighted by Crippen LogP contribution is -2.38. The minimum atomic E-state index is -0.437. The van der Waals surface area contributed by atoms with Gasteiger partial charge in [-0.05, 0) is 75.9 Å². The predicted molar refractivity (Wildman–Crippen MR) is 145 cm³/mol. The van der Waals surface area contributed by atoms with Gasteiger partial charge in [-0.2, -0.15) is 0 Å². The van der Waals surface area contributed by atoms with Gasteiger partial charge in [0.2, 0.25) is 0 Å². The number of fused-ring (bicyclic) bond motifs is 3. The fourth-order valence-electron chi connectivity index (χ4n) is 4.84. The second kappa shape index (κ2) is 8.69. The van der Waals surface area contributed by atoms with Gasteiger partial charge in [-0.25, -0.2) is 4.99 Å². The third-order valence-corrected chi connectivity index (χ3v) is 8.14. The maximum Gasteiger partial charge on any atom is 0.271 e. The van der Waals surface area contributed by atoms with E-state index in [2.05, 4.69) is 34.7 Å². The van der Waals surface area contributed by atoms with Gasteiger partial charge in [-0.15, -0.1) is 0 Å². The largest absolute Gasteiger partial charge is 0.272 e. The first-order chi connectivity index (χ1) is 17.0. The molecule has 0 saturated heterocycles. The monoisotopic (exact) mass is 591 g/mol. The molecule has 0 saturated carbocycles. The van der Waals surface area contributed by atoms with E-state index in [9.17, 15) is 14.9 Å². The summed E-state index contributed by atoms with van der Waals surface area (Å²) in [6.45, 7) is 0. The van der Waals surface area contributed by atoms with Crippen molar-refractivity contribution in [2.45, 2.75) is 18.9 Å². The van der Waals surface area contributed by atoms with E-state index in [1.165, 1.54) is 23.0 Å². The molecule has 0 amide bonds. The summed E-state index contributed by atoms with van der Waals surface area (Å²) in [4.78, 5) is 30.5. The number of rotatable bonds is 3. The quantitative estimate of drug-likeness (QED) is 0.195. The highest BCUT2D eigenvalue weighted by molar-refractivity contribution is 14.1. The summed E-state index contributed by atoms with van der Waals surface area (Å²) in [7, 11) is 0. The van der Waals surface area contributed by atoms with Crippen LogP contribution in [0.25, 0.3) is 11.8 Å². The lowest BCUT2D eigenvalue weighted by molar-refractivity contribution is -0.384. The number of aromatic nitrogens is 1. The van der Waals surface area contributed by atoms with Crippen molar-refractivity contribution < 1.29 is 4.92 Å². The zero-order valence-electron chi connectivity index (χ0n) is 18.3. The highest BCUT2D eigenvalue weighted by Gasteiger charge is 2.33. The Morgan fingerprint density at radius 2 is 1.86 bits per heavy atom. The van der Waals surface area contributed by atoms with Crippen molar-refractivity contribution in [1.82, 2.24) is 4.57 Å². The van der Waals surface area contributed by atoms with E-state index < -0.39 is 11.0 Å². The van der Waals surface area contributed by atoms with Crippen molar-refractivity contribution in [2.24, 2.45) is 4.99 Å². The molecule has 4 aromatic rings. The number of nitro groups is 1. The Kier molecular flexibility index (Phi) is 5.49. The summed E-state index contributed by atoms with van der Waals surface area (Å²) in [6.07, 6.45) is 3.47. The normalized spacial score (nSPS) is 16.8. The molecular weight excluding hydrogens is 573 g/mol. The molecule has 0 radical (unpaired) electrons. The van der Waals surface area contributed by atoms with Crippen LogP contribution in [-0.4, -0.2) is 9.49 Å². The van der Waals surface area contributed by atoms with Gasteiger partial charge < -0.3 is 0 Å². The van der Waals surface area contributed by atoms with Crippen LogP contribution in [0.2, 0.25) is 0 Å². The molecule has 6 nitrogen and oxygen atoms in total. The van der Waals surface area contributed by atoms with Gasteiger partial charge in [0.05, 0.1) is 21.2 Å². The van der Waals surface area contributed by atoms with Gasteiger partial charge in [-0.3, -0.25) is 19.5 Å². The zero-order chi connectivity index (χ0) is 24.1. The average molecular weight is 591 g/mol. The lowest BCUT2D eigenvalue weighted by atomic mass is 9.83. The number of non-ortho nitro benzene ring substituents is 1. The first-order valence-corrected chi connectivity index (χ1v) is 13.0. The molecule has 1 aliphatic carbocycles. The number of allylic oxidation sites excluding steroid dienone is 1. The lowest BCUT2D eigenvalue weighted by Gasteiger charge is -2.30. The van der Waals surface area contributed by atoms with Gasteiger partial charge >= 0.3 is 0 Å². The van der Waals surface area contributed by atoms with Crippen molar-refractivity contribution in [3.05, 3.63) is 134 Å². The summed E-state index contributed by atoms with van der Waals surface area (Å²) in [5, 5.41) is 11.5. The molecule has 6 rings (SSSR count). The van der Waals surface area contributed by atoms with E-state index >= 15 is 0 Å². The number of nitrogens with zero attached hydrogens (tertiary/aromatic N) is 3. The topological polar surface area (TPSA) is 77.5 Å². The van der Waals surface area contributed by atoms with E-state index in [0.29, 0.717) is 9.33 Å². The number of thiazole rings is 1. The average Bonchev–Trinajstić information content (AvgIpc) is 3.18. The van der Waals surface area contributed by atoms with Crippen LogP contribution in [0.5, 0.6) is 0 Å². The number of halogens is 1. The number of nitro benzene ring substituents is 1. The van der Waals surface area contributed by atoms with Crippen LogP contribution in [0.4, 0.5) is 5.69 Å². The summed E-state index contributed by atoms with van der Waals surface area (Å²) < 4.78 is 3.43. The Balaban J connectivity index is 1.63. The van der Waals surface area contributed by atoms with Gasteiger partial charge in [0.15, 0.2) is 4.80 Å². The molecule has 2 heterocycles. The van der Waals surface area contributed by atoms with E-state index in [1.807, 2.05) is 48.5 Å². The summed E-state index contributed by atoms with van der Waals surface area (Å²) >= 11 is 3.61. The van der Waals surface area contributed by atoms with Crippen molar-refractivity contribution in [3.63, 3.8) is 0 Å². The molecule has 1 atom stereocenters. The number of hydrogen-bond donors (Lipinski definition) is 0. The summed E-state index contributed by atoms with van der Waals surface area (Å²) in [5.41, 5.74) is 5.75. The van der Waals surface area contributed by atoms with Crippen LogP contribution >= 0.6 is 33.9 Å². The van der Waals surface area contributed by atoms with Crippen LogP contribution in [0.15, 0.2) is 88.2 Å². The van der Waals surface area contributed by atoms with Crippen LogP contribution < -0.4 is 14.9 Å². The molecule has 0 fully saturated rings. The number of benzene rings is 3. The molecular formula is C27H18IN3O3S.